The third-order valence-corrected chi connectivity index (χ3v) is 6.02. The Bertz CT molecular complexity index is 1180. The van der Waals surface area contributed by atoms with Crippen LogP contribution in [0.15, 0.2) is 42.6 Å². The third kappa shape index (κ3) is 5.17. The highest BCUT2D eigenvalue weighted by atomic mass is 35.5. The van der Waals surface area contributed by atoms with Crippen molar-refractivity contribution in [2.24, 2.45) is 5.41 Å². The van der Waals surface area contributed by atoms with E-state index in [1.807, 2.05) is 18.2 Å². The molecular weight excluding hydrogens is 447 g/mol. The lowest BCUT2D eigenvalue weighted by molar-refractivity contribution is -0.147. The topological polar surface area (TPSA) is 87.5 Å². The number of aromatic nitrogens is 2. The minimum atomic E-state index is -0.946. The molecule has 4 rings (SSSR count). The lowest BCUT2D eigenvalue weighted by Gasteiger charge is -2.29. The van der Waals surface area contributed by atoms with Gasteiger partial charge in [-0.3, -0.25) is 9.59 Å². The molecule has 33 heavy (non-hydrogen) atoms. The number of pyridine rings is 1. The number of carboxylic acids is 1. The molecular formula is C24H28ClFN4O3. The average Bonchev–Trinajstić information content (AvgIpc) is 3.06. The van der Waals surface area contributed by atoms with Crippen molar-refractivity contribution in [3.8, 4) is 0 Å². The van der Waals surface area contributed by atoms with Crippen LogP contribution in [0.4, 0.5) is 4.39 Å². The maximum Gasteiger partial charge on any atom is 0.310 e. The van der Waals surface area contributed by atoms with E-state index in [4.69, 9.17) is 0 Å². The molecule has 0 saturated carbocycles. The van der Waals surface area contributed by atoms with Gasteiger partial charge in [-0.2, -0.15) is 0 Å². The van der Waals surface area contributed by atoms with E-state index < -0.39 is 11.4 Å². The van der Waals surface area contributed by atoms with Crippen molar-refractivity contribution < 1.29 is 19.1 Å². The fourth-order valence-corrected chi connectivity index (χ4v) is 4.13. The van der Waals surface area contributed by atoms with Gasteiger partial charge in [0.1, 0.15) is 11.5 Å². The lowest BCUT2D eigenvalue weighted by atomic mass is 9.94. The van der Waals surface area contributed by atoms with Crippen LogP contribution in [0.1, 0.15) is 30.7 Å². The number of nitrogens with zero attached hydrogens (tertiary/aromatic N) is 3. The van der Waals surface area contributed by atoms with Crippen molar-refractivity contribution in [3.05, 3.63) is 65.2 Å². The van der Waals surface area contributed by atoms with Gasteiger partial charge in [-0.1, -0.05) is 12.1 Å². The Morgan fingerprint density at radius 1 is 1.24 bits per heavy atom. The van der Waals surface area contributed by atoms with E-state index in [0.29, 0.717) is 26.1 Å². The zero-order chi connectivity index (χ0) is 22.9. The number of carbonyl (C=O) groups excluding carboxylic acids is 1. The molecule has 0 radical (unpaired) electrons. The molecule has 0 atom stereocenters. The van der Waals surface area contributed by atoms with Gasteiger partial charge < -0.3 is 19.9 Å². The van der Waals surface area contributed by atoms with Gasteiger partial charge in [-0.05, 0) is 55.7 Å². The normalized spacial score (nSPS) is 13.5. The molecule has 176 valence electrons. The predicted octanol–water partition coefficient (Wildman–Crippen LogP) is 3.23. The van der Waals surface area contributed by atoms with Crippen molar-refractivity contribution in [2.75, 3.05) is 19.6 Å². The molecule has 1 aromatic carbocycles. The molecule has 0 bridgehead atoms. The van der Waals surface area contributed by atoms with Gasteiger partial charge in [-0.15, -0.1) is 12.4 Å². The summed E-state index contributed by atoms with van der Waals surface area (Å²) >= 11 is 0. The second-order valence-corrected chi connectivity index (χ2v) is 8.87. The monoisotopic (exact) mass is 474 g/mol. The van der Waals surface area contributed by atoms with E-state index in [-0.39, 0.29) is 37.2 Å². The van der Waals surface area contributed by atoms with Gasteiger partial charge in [0.05, 0.1) is 18.5 Å². The van der Waals surface area contributed by atoms with Gasteiger partial charge >= 0.3 is 5.97 Å². The fraction of sp³-hybridized carbons (Fsp3) is 0.375. The van der Waals surface area contributed by atoms with E-state index in [1.165, 1.54) is 17.7 Å². The van der Waals surface area contributed by atoms with Crippen molar-refractivity contribution in [2.45, 2.75) is 33.4 Å². The van der Waals surface area contributed by atoms with Gasteiger partial charge in [0, 0.05) is 36.9 Å². The highest BCUT2D eigenvalue weighted by Crippen LogP contribution is 2.30. The molecule has 3 aromatic rings. The number of fused-ring (bicyclic) bond motifs is 3. The van der Waals surface area contributed by atoms with Crippen LogP contribution < -0.4 is 5.32 Å². The molecule has 1 aliphatic heterocycles. The number of halogens is 2. The average molecular weight is 475 g/mol. The number of rotatable bonds is 7. The maximum atomic E-state index is 13.7. The first-order valence-electron chi connectivity index (χ1n) is 10.7. The highest BCUT2D eigenvalue weighted by molar-refractivity contribution is 5.85. The number of hydrogen-bond donors (Lipinski definition) is 2. The van der Waals surface area contributed by atoms with Crippen LogP contribution in [0.25, 0.3) is 11.0 Å². The van der Waals surface area contributed by atoms with Crippen LogP contribution in [0.2, 0.25) is 0 Å². The molecule has 7 nitrogen and oxygen atoms in total. The van der Waals surface area contributed by atoms with Crippen molar-refractivity contribution in [1.82, 2.24) is 19.8 Å². The van der Waals surface area contributed by atoms with Gasteiger partial charge in [0.15, 0.2) is 0 Å². The highest BCUT2D eigenvalue weighted by Gasteiger charge is 2.29. The van der Waals surface area contributed by atoms with Crippen LogP contribution in [-0.4, -0.2) is 51.1 Å². The van der Waals surface area contributed by atoms with Crippen molar-refractivity contribution in [1.29, 1.82) is 0 Å². The molecule has 9 heteroatoms. The Hall–Kier alpha value is -2.97. The van der Waals surface area contributed by atoms with Gasteiger partial charge in [-0.25, -0.2) is 9.37 Å². The first kappa shape index (κ1) is 24.7. The summed E-state index contributed by atoms with van der Waals surface area (Å²) < 4.78 is 15.8. The summed E-state index contributed by atoms with van der Waals surface area (Å²) in [5.41, 5.74) is 2.90. The van der Waals surface area contributed by atoms with Crippen LogP contribution in [0, 0.1) is 11.2 Å². The molecule has 0 saturated heterocycles. The summed E-state index contributed by atoms with van der Waals surface area (Å²) in [4.78, 5) is 30.4. The molecule has 1 aliphatic rings. The number of benzene rings is 1. The second kappa shape index (κ2) is 9.89. The van der Waals surface area contributed by atoms with Crippen LogP contribution in [0.5, 0.6) is 0 Å². The molecule has 0 fully saturated rings. The summed E-state index contributed by atoms with van der Waals surface area (Å²) in [6, 6.07) is 10.4. The summed E-state index contributed by atoms with van der Waals surface area (Å²) in [6.45, 7) is 5.02. The standard InChI is InChI=1S/C24H27FN4O3.ClH/c1-24(2,23(31)32)15-26-12-21(30)28-10-8-18-19-7-4-9-27-22(19)29(20(18)14-28)13-16-5-3-6-17(25)11-16;/h3-7,9,11,26H,8,10,12-15H2,1-2H3,(H,31,32);1H. The lowest BCUT2D eigenvalue weighted by Crippen LogP contribution is -2.44. The molecule has 0 spiro atoms. The number of hydrogen-bond acceptors (Lipinski definition) is 4. The zero-order valence-corrected chi connectivity index (χ0v) is 19.5. The summed E-state index contributed by atoms with van der Waals surface area (Å²) in [6.07, 6.45) is 2.45. The van der Waals surface area contributed by atoms with Crippen molar-refractivity contribution in [3.63, 3.8) is 0 Å². The summed E-state index contributed by atoms with van der Waals surface area (Å²) in [5.74, 6) is -1.27. The fourth-order valence-electron chi connectivity index (χ4n) is 4.13. The Morgan fingerprint density at radius 2 is 2.03 bits per heavy atom. The Labute approximate surface area is 198 Å². The number of amides is 1. The minimum absolute atomic E-state index is 0. The Morgan fingerprint density at radius 3 is 2.76 bits per heavy atom. The molecule has 0 unspecified atom stereocenters. The molecule has 1 amide bonds. The first-order chi connectivity index (χ1) is 15.3. The van der Waals surface area contributed by atoms with E-state index in [2.05, 4.69) is 14.9 Å². The van der Waals surface area contributed by atoms with E-state index in [1.54, 1.807) is 31.0 Å². The predicted molar refractivity (Wildman–Crippen MR) is 126 cm³/mol. The van der Waals surface area contributed by atoms with E-state index >= 15 is 0 Å². The largest absolute Gasteiger partial charge is 0.481 e. The quantitative estimate of drug-likeness (QED) is 0.549. The zero-order valence-electron chi connectivity index (χ0n) is 18.7. The molecule has 2 aromatic heterocycles. The van der Waals surface area contributed by atoms with Crippen LogP contribution in [-0.2, 0) is 29.1 Å². The Kier molecular flexibility index (Phi) is 7.39. The van der Waals surface area contributed by atoms with E-state index in [0.717, 1.165) is 22.3 Å². The molecule has 0 aliphatic carbocycles. The van der Waals surface area contributed by atoms with Gasteiger partial charge in [0.2, 0.25) is 5.91 Å². The van der Waals surface area contributed by atoms with Gasteiger partial charge in [0.25, 0.3) is 0 Å². The van der Waals surface area contributed by atoms with E-state index in [9.17, 15) is 19.1 Å². The maximum absolute atomic E-state index is 13.7. The summed E-state index contributed by atoms with van der Waals surface area (Å²) in [5, 5.41) is 13.3. The SMILES string of the molecule is CC(C)(CNCC(=O)N1CCc2c(n(Cc3cccc(F)c3)c3ncccc23)C1)C(=O)O.Cl. The van der Waals surface area contributed by atoms with Crippen LogP contribution >= 0.6 is 12.4 Å². The summed E-state index contributed by atoms with van der Waals surface area (Å²) in [7, 11) is 0. The number of nitrogens with one attached hydrogen (secondary N) is 1. The number of carbonyl (C=O) groups is 2. The smallest absolute Gasteiger partial charge is 0.310 e. The minimum Gasteiger partial charge on any atom is -0.481 e. The molecule has 3 heterocycles. The molecule has 2 N–H and O–H groups in total. The Balaban J connectivity index is 0.00000306. The number of aliphatic carboxylic acids is 1. The van der Waals surface area contributed by atoms with Crippen LogP contribution in [0.3, 0.4) is 0 Å². The third-order valence-electron chi connectivity index (χ3n) is 6.02. The van der Waals surface area contributed by atoms with Crippen molar-refractivity contribution >= 4 is 35.3 Å². The number of carboxylic acid groups (broad SMARTS) is 1. The first-order valence-corrected chi connectivity index (χ1v) is 10.7. The second-order valence-electron chi connectivity index (χ2n) is 8.87.